The van der Waals surface area contributed by atoms with Crippen molar-refractivity contribution in [2.75, 3.05) is 0 Å². The van der Waals surface area contributed by atoms with E-state index in [0.717, 1.165) is 11.4 Å². The van der Waals surface area contributed by atoms with Crippen LogP contribution in [0.3, 0.4) is 0 Å². The van der Waals surface area contributed by atoms with Crippen LogP contribution in [0.15, 0.2) is 47.8 Å². The molecule has 1 aliphatic carbocycles. The molecule has 0 amide bonds. The zero-order chi connectivity index (χ0) is 12.8. The number of thiazole rings is 1. The van der Waals surface area contributed by atoms with Crippen LogP contribution in [0.2, 0.25) is 0 Å². The van der Waals surface area contributed by atoms with Crippen molar-refractivity contribution in [1.29, 1.82) is 0 Å². The lowest BCUT2D eigenvalue weighted by atomic mass is 10.1. The van der Waals surface area contributed by atoms with Crippen LogP contribution in [0.1, 0.15) is 28.7 Å². The summed E-state index contributed by atoms with van der Waals surface area (Å²) in [6.07, 6.45) is 8.37. The predicted molar refractivity (Wildman–Crippen MR) is 73.7 cm³/mol. The summed E-state index contributed by atoms with van der Waals surface area (Å²) in [4.78, 5) is 22.1. The van der Waals surface area contributed by atoms with E-state index in [1.807, 2.05) is 18.5 Å². The molecule has 19 heavy (non-hydrogen) atoms. The molecule has 94 valence electrons. The maximum Gasteiger partial charge on any atom is 0.258 e. The van der Waals surface area contributed by atoms with Gasteiger partial charge in [-0.3, -0.25) is 14.2 Å². The van der Waals surface area contributed by atoms with Gasteiger partial charge in [0.05, 0.1) is 0 Å². The molecule has 0 saturated heterocycles. The number of rotatable bonds is 2. The van der Waals surface area contributed by atoms with Crippen molar-refractivity contribution < 1.29 is 0 Å². The van der Waals surface area contributed by atoms with Crippen molar-refractivity contribution in [2.45, 2.75) is 18.3 Å². The first-order valence-corrected chi connectivity index (χ1v) is 7.01. The summed E-state index contributed by atoms with van der Waals surface area (Å²) in [6, 6.07) is 5.59. The predicted octanol–water partition coefficient (Wildman–Crippen LogP) is 2.42. The van der Waals surface area contributed by atoms with Gasteiger partial charge in [0.2, 0.25) is 0 Å². The average Bonchev–Trinajstić information content (AvgIpc) is 3.12. The van der Waals surface area contributed by atoms with Gasteiger partial charge in [-0.1, -0.05) is 6.07 Å². The van der Waals surface area contributed by atoms with Gasteiger partial charge in [0.1, 0.15) is 0 Å². The first kappa shape index (κ1) is 10.9. The standard InChI is InChI=1S/C14H11N3OS/c18-13-3-5-16-14-17(13)8-12(19-14)11-6-10(11)9-2-1-4-15-7-9/h1-5,7-8,10-11H,6H2. The summed E-state index contributed by atoms with van der Waals surface area (Å²) >= 11 is 1.61. The van der Waals surface area contributed by atoms with E-state index in [-0.39, 0.29) is 5.56 Å². The minimum absolute atomic E-state index is 0.00826. The number of pyridine rings is 1. The van der Waals surface area contributed by atoms with Gasteiger partial charge in [0.15, 0.2) is 4.96 Å². The minimum Gasteiger partial charge on any atom is -0.269 e. The quantitative estimate of drug-likeness (QED) is 0.718. The molecule has 5 heteroatoms. The Bertz CT molecular complexity index is 793. The topological polar surface area (TPSA) is 47.3 Å². The Hall–Kier alpha value is -2.01. The number of fused-ring (bicyclic) bond motifs is 1. The van der Waals surface area contributed by atoms with Gasteiger partial charge in [-0.05, 0) is 24.0 Å². The summed E-state index contributed by atoms with van der Waals surface area (Å²) < 4.78 is 1.64. The Balaban J connectivity index is 1.70. The first-order chi connectivity index (χ1) is 9.33. The van der Waals surface area contributed by atoms with E-state index in [0.29, 0.717) is 11.8 Å². The third-order valence-electron chi connectivity index (χ3n) is 3.58. The maximum atomic E-state index is 11.7. The Labute approximate surface area is 113 Å². The van der Waals surface area contributed by atoms with E-state index in [9.17, 15) is 4.79 Å². The Morgan fingerprint density at radius 1 is 1.26 bits per heavy atom. The summed E-state index contributed by atoms with van der Waals surface area (Å²) in [6.45, 7) is 0. The van der Waals surface area contributed by atoms with E-state index in [1.165, 1.54) is 16.5 Å². The molecule has 0 N–H and O–H groups in total. The SMILES string of the molecule is O=c1ccnc2sc(C3CC3c3cccnc3)cn12. The van der Waals surface area contributed by atoms with Gasteiger partial charge in [0, 0.05) is 41.6 Å². The second kappa shape index (κ2) is 3.99. The fraction of sp³-hybridized carbons (Fsp3) is 0.214. The fourth-order valence-electron chi connectivity index (χ4n) is 2.50. The molecular formula is C14H11N3OS. The maximum absolute atomic E-state index is 11.7. The number of hydrogen-bond acceptors (Lipinski definition) is 4. The smallest absolute Gasteiger partial charge is 0.258 e. The van der Waals surface area contributed by atoms with Gasteiger partial charge in [0.25, 0.3) is 5.56 Å². The van der Waals surface area contributed by atoms with Gasteiger partial charge in [-0.2, -0.15) is 0 Å². The number of hydrogen-bond donors (Lipinski definition) is 0. The van der Waals surface area contributed by atoms with Crippen molar-refractivity contribution >= 4 is 16.3 Å². The van der Waals surface area contributed by atoms with E-state index in [1.54, 1.807) is 28.1 Å². The Morgan fingerprint density at radius 3 is 3.00 bits per heavy atom. The molecule has 4 nitrogen and oxygen atoms in total. The second-order valence-corrected chi connectivity index (χ2v) is 5.84. The molecule has 0 radical (unpaired) electrons. The Kier molecular flexibility index (Phi) is 2.29. The molecular weight excluding hydrogens is 258 g/mol. The van der Waals surface area contributed by atoms with Crippen molar-refractivity contribution in [3.8, 4) is 0 Å². The first-order valence-electron chi connectivity index (χ1n) is 6.20. The molecule has 0 spiro atoms. The van der Waals surface area contributed by atoms with Gasteiger partial charge in [-0.25, -0.2) is 4.98 Å². The van der Waals surface area contributed by atoms with Crippen molar-refractivity contribution in [1.82, 2.24) is 14.4 Å². The molecule has 0 aromatic carbocycles. The number of aromatic nitrogens is 3. The lowest BCUT2D eigenvalue weighted by Crippen LogP contribution is -2.09. The van der Waals surface area contributed by atoms with Crippen molar-refractivity contribution in [3.05, 3.63) is 63.8 Å². The van der Waals surface area contributed by atoms with Crippen LogP contribution in [-0.4, -0.2) is 14.4 Å². The van der Waals surface area contributed by atoms with E-state index >= 15 is 0 Å². The summed E-state index contributed by atoms with van der Waals surface area (Å²) in [5, 5.41) is 0. The molecule has 3 aromatic heterocycles. The summed E-state index contributed by atoms with van der Waals surface area (Å²) in [5.74, 6) is 1.05. The molecule has 2 unspecified atom stereocenters. The monoisotopic (exact) mass is 269 g/mol. The molecule has 0 bridgehead atoms. The molecule has 2 atom stereocenters. The van der Waals surface area contributed by atoms with Crippen LogP contribution in [0, 0.1) is 0 Å². The highest BCUT2D eigenvalue weighted by molar-refractivity contribution is 7.17. The van der Waals surface area contributed by atoms with Crippen molar-refractivity contribution in [2.24, 2.45) is 0 Å². The molecule has 1 saturated carbocycles. The minimum atomic E-state index is -0.00826. The molecule has 0 aliphatic heterocycles. The van der Waals surface area contributed by atoms with Crippen molar-refractivity contribution in [3.63, 3.8) is 0 Å². The second-order valence-electron chi connectivity index (χ2n) is 4.80. The highest BCUT2D eigenvalue weighted by Gasteiger charge is 2.41. The van der Waals surface area contributed by atoms with Crippen LogP contribution in [0.4, 0.5) is 0 Å². The third-order valence-corrected chi connectivity index (χ3v) is 4.71. The van der Waals surface area contributed by atoms with Gasteiger partial charge in [-0.15, -0.1) is 11.3 Å². The van der Waals surface area contributed by atoms with Gasteiger partial charge < -0.3 is 0 Å². The highest BCUT2D eigenvalue weighted by atomic mass is 32.1. The largest absolute Gasteiger partial charge is 0.269 e. The average molecular weight is 269 g/mol. The molecule has 3 heterocycles. The Morgan fingerprint density at radius 2 is 2.21 bits per heavy atom. The van der Waals surface area contributed by atoms with E-state index in [2.05, 4.69) is 16.0 Å². The van der Waals surface area contributed by atoms with E-state index < -0.39 is 0 Å². The van der Waals surface area contributed by atoms with Crippen LogP contribution >= 0.6 is 11.3 Å². The van der Waals surface area contributed by atoms with Gasteiger partial charge >= 0.3 is 0 Å². The summed E-state index contributed by atoms with van der Waals surface area (Å²) in [7, 11) is 0. The van der Waals surface area contributed by atoms with E-state index in [4.69, 9.17) is 0 Å². The highest BCUT2D eigenvalue weighted by Crippen LogP contribution is 2.55. The van der Waals surface area contributed by atoms with Crippen LogP contribution in [-0.2, 0) is 0 Å². The molecule has 3 aromatic rings. The molecule has 1 fully saturated rings. The zero-order valence-electron chi connectivity index (χ0n) is 10.1. The number of nitrogens with zero attached hydrogens (tertiary/aromatic N) is 3. The lowest BCUT2D eigenvalue weighted by Gasteiger charge is -1.96. The van der Waals surface area contributed by atoms with Crippen LogP contribution in [0.25, 0.3) is 4.96 Å². The normalized spacial score (nSPS) is 21.7. The fourth-order valence-corrected chi connectivity index (χ4v) is 3.63. The molecule has 4 rings (SSSR count). The zero-order valence-corrected chi connectivity index (χ0v) is 10.9. The lowest BCUT2D eigenvalue weighted by molar-refractivity contribution is 1.01. The summed E-state index contributed by atoms with van der Waals surface area (Å²) in [5.41, 5.74) is 1.27. The third kappa shape index (κ3) is 1.77. The molecule has 1 aliphatic rings. The van der Waals surface area contributed by atoms with Crippen LogP contribution < -0.4 is 5.56 Å². The van der Waals surface area contributed by atoms with Crippen LogP contribution in [0.5, 0.6) is 0 Å².